The summed E-state index contributed by atoms with van der Waals surface area (Å²) in [6, 6.07) is 6.19. The second-order valence-electron chi connectivity index (χ2n) is 2.56. The first-order valence-electron chi connectivity index (χ1n) is 3.68. The molecule has 0 atom stereocenters. The number of hydrogen-bond acceptors (Lipinski definition) is 3. The molecule has 68 valence electrons. The van der Waals surface area contributed by atoms with Gasteiger partial charge in [0.05, 0.1) is 8.68 Å². The maximum Gasteiger partial charge on any atom is 0.0751 e. The van der Waals surface area contributed by atoms with Crippen molar-refractivity contribution in [1.29, 1.82) is 0 Å². The number of fused-ring (bicyclic) bond motifs is 1. The molecule has 0 amide bonds. The van der Waals surface area contributed by atoms with Gasteiger partial charge in [-0.2, -0.15) is 0 Å². The average molecular weight is 291 g/mol. The van der Waals surface area contributed by atoms with Crippen LogP contribution < -0.4 is 0 Å². The molecule has 1 aromatic heterocycles. The molecule has 0 spiro atoms. The molecule has 2 aromatic rings. The molecular weight excluding hydrogens is 284 g/mol. The van der Waals surface area contributed by atoms with Crippen LogP contribution in [0, 0.1) is 0 Å². The van der Waals surface area contributed by atoms with E-state index in [-0.39, 0.29) is 0 Å². The van der Waals surface area contributed by atoms with Crippen LogP contribution in [-0.4, -0.2) is 6.26 Å². The Labute approximate surface area is 99.3 Å². The summed E-state index contributed by atoms with van der Waals surface area (Å²) in [4.78, 5) is 1.04. The van der Waals surface area contributed by atoms with Gasteiger partial charge in [0.15, 0.2) is 0 Å². The topological polar surface area (TPSA) is 0 Å². The fraction of sp³-hybridized carbons (Fsp3) is 0.111. The van der Waals surface area contributed by atoms with Crippen LogP contribution in [0.15, 0.2) is 31.8 Å². The van der Waals surface area contributed by atoms with E-state index in [1.54, 1.807) is 23.1 Å². The van der Waals surface area contributed by atoms with Crippen LogP contribution in [0.25, 0.3) is 10.1 Å². The third-order valence-corrected chi connectivity index (χ3v) is 5.76. The summed E-state index contributed by atoms with van der Waals surface area (Å²) in [5, 5.41) is 1.24. The zero-order valence-electron chi connectivity index (χ0n) is 6.87. The molecule has 0 radical (unpaired) electrons. The monoisotopic (exact) mass is 290 g/mol. The van der Waals surface area contributed by atoms with E-state index in [4.69, 9.17) is 0 Å². The van der Waals surface area contributed by atoms with Crippen molar-refractivity contribution < 1.29 is 0 Å². The number of halogens is 1. The minimum absolute atomic E-state index is 1.04. The minimum Gasteiger partial charge on any atom is -0.143 e. The third kappa shape index (κ3) is 1.65. The van der Waals surface area contributed by atoms with Gasteiger partial charge in [0.25, 0.3) is 0 Å². The van der Waals surface area contributed by atoms with Crippen LogP contribution in [0.3, 0.4) is 0 Å². The summed E-state index contributed by atoms with van der Waals surface area (Å²) in [6.45, 7) is 0. The van der Waals surface area contributed by atoms with Gasteiger partial charge in [0.1, 0.15) is 0 Å². The van der Waals surface area contributed by atoms with E-state index < -0.39 is 0 Å². The molecule has 0 N–H and O–H groups in total. The largest absolute Gasteiger partial charge is 0.143 e. The summed E-state index contributed by atoms with van der Waals surface area (Å²) in [6.07, 6.45) is 2.09. The first-order chi connectivity index (χ1) is 6.24. The molecule has 0 unspecified atom stereocenters. The Bertz CT molecular complexity index is 447. The molecule has 1 aromatic carbocycles. The number of thiophene rings is 1. The quantitative estimate of drug-likeness (QED) is 0.588. The Hall–Kier alpha value is 0.360. The van der Waals surface area contributed by atoms with E-state index in [0.717, 1.165) is 4.90 Å². The summed E-state index contributed by atoms with van der Waals surface area (Å²) in [7, 11) is 0. The van der Waals surface area contributed by atoms with Gasteiger partial charge in [-0.3, -0.25) is 0 Å². The summed E-state index contributed by atoms with van der Waals surface area (Å²) < 4.78 is 3.80. The smallest absolute Gasteiger partial charge is 0.0751 e. The molecule has 4 heteroatoms. The van der Waals surface area contributed by atoms with Gasteiger partial charge in [-0.15, -0.1) is 35.7 Å². The second kappa shape index (κ2) is 3.85. The van der Waals surface area contributed by atoms with Crippen LogP contribution in [0.4, 0.5) is 0 Å². The molecule has 0 saturated carbocycles. The van der Waals surface area contributed by atoms with Crippen molar-refractivity contribution in [1.82, 2.24) is 0 Å². The van der Waals surface area contributed by atoms with Gasteiger partial charge >= 0.3 is 0 Å². The van der Waals surface area contributed by atoms with E-state index in [0.29, 0.717) is 0 Å². The van der Waals surface area contributed by atoms with Gasteiger partial charge in [0, 0.05) is 15.0 Å². The molecule has 0 aliphatic rings. The average Bonchev–Trinajstić information content (AvgIpc) is 2.44. The SMILES string of the molecule is CSc1sc2cccc(S)c2c1Br. The lowest BCUT2D eigenvalue weighted by atomic mass is 10.3. The maximum atomic E-state index is 4.44. The number of thiol groups is 1. The summed E-state index contributed by atoms with van der Waals surface area (Å²) >= 11 is 11.6. The van der Waals surface area contributed by atoms with E-state index in [2.05, 4.69) is 40.9 Å². The zero-order chi connectivity index (χ0) is 9.42. The van der Waals surface area contributed by atoms with Crippen molar-refractivity contribution in [3.05, 3.63) is 22.7 Å². The maximum absolute atomic E-state index is 4.44. The van der Waals surface area contributed by atoms with Gasteiger partial charge in [-0.05, 0) is 34.3 Å². The molecular formula is C9H7BrS3. The van der Waals surface area contributed by atoms with Crippen LogP contribution >= 0.6 is 51.7 Å². The molecule has 0 saturated heterocycles. The lowest BCUT2D eigenvalue weighted by Crippen LogP contribution is -1.68. The van der Waals surface area contributed by atoms with Crippen LogP contribution in [0.2, 0.25) is 0 Å². The summed E-state index contributed by atoms with van der Waals surface area (Å²) in [5.74, 6) is 0. The molecule has 2 rings (SSSR count). The molecule has 0 bridgehead atoms. The third-order valence-electron chi connectivity index (χ3n) is 1.79. The zero-order valence-corrected chi connectivity index (χ0v) is 11.0. The number of hydrogen-bond donors (Lipinski definition) is 1. The molecule has 13 heavy (non-hydrogen) atoms. The normalized spacial score (nSPS) is 11.0. The van der Waals surface area contributed by atoms with Crippen molar-refractivity contribution >= 4 is 61.7 Å². The number of rotatable bonds is 1. The predicted octanol–water partition coefficient (Wildman–Crippen LogP) is 4.67. The predicted molar refractivity (Wildman–Crippen MR) is 68.6 cm³/mol. The van der Waals surface area contributed by atoms with Gasteiger partial charge in [-0.25, -0.2) is 0 Å². The van der Waals surface area contributed by atoms with E-state index in [9.17, 15) is 0 Å². The van der Waals surface area contributed by atoms with E-state index >= 15 is 0 Å². The number of benzene rings is 1. The van der Waals surface area contributed by atoms with E-state index in [1.165, 1.54) is 18.8 Å². The van der Waals surface area contributed by atoms with Gasteiger partial charge in [-0.1, -0.05) is 6.07 Å². The van der Waals surface area contributed by atoms with Gasteiger partial charge in [0.2, 0.25) is 0 Å². The Morgan fingerprint density at radius 1 is 1.46 bits per heavy atom. The van der Waals surface area contributed by atoms with Crippen molar-refractivity contribution in [2.24, 2.45) is 0 Å². The second-order valence-corrected chi connectivity index (χ2v) is 5.96. The molecule has 1 heterocycles. The highest BCUT2D eigenvalue weighted by molar-refractivity contribution is 9.10. The highest BCUT2D eigenvalue weighted by Crippen LogP contribution is 2.42. The highest BCUT2D eigenvalue weighted by Gasteiger charge is 2.10. The van der Waals surface area contributed by atoms with E-state index in [1.807, 2.05) is 12.1 Å². The summed E-state index contributed by atoms with van der Waals surface area (Å²) in [5.41, 5.74) is 0. The fourth-order valence-electron chi connectivity index (χ4n) is 1.20. The first kappa shape index (κ1) is 9.90. The van der Waals surface area contributed by atoms with Crippen LogP contribution in [0.1, 0.15) is 0 Å². The Kier molecular flexibility index (Phi) is 2.93. The molecule has 0 aliphatic carbocycles. The van der Waals surface area contributed by atoms with Gasteiger partial charge < -0.3 is 0 Å². The Morgan fingerprint density at radius 3 is 2.85 bits per heavy atom. The van der Waals surface area contributed by atoms with Crippen molar-refractivity contribution in [2.45, 2.75) is 9.10 Å². The number of thioether (sulfide) groups is 1. The van der Waals surface area contributed by atoms with Crippen molar-refractivity contribution in [3.63, 3.8) is 0 Å². The fourth-order valence-corrected chi connectivity index (χ4v) is 4.77. The Balaban J connectivity index is 2.85. The standard InChI is InChI=1S/C9H7BrS3/c1-12-9-8(10)7-5(11)3-2-4-6(7)13-9/h2-4,11H,1H3. The lowest BCUT2D eigenvalue weighted by molar-refractivity contribution is 1.55. The van der Waals surface area contributed by atoms with Crippen molar-refractivity contribution in [3.8, 4) is 0 Å². The van der Waals surface area contributed by atoms with Crippen molar-refractivity contribution in [2.75, 3.05) is 6.26 Å². The first-order valence-corrected chi connectivity index (χ1v) is 6.96. The molecule has 0 fully saturated rings. The molecule has 0 aliphatic heterocycles. The van der Waals surface area contributed by atoms with Crippen LogP contribution in [0.5, 0.6) is 0 Å². The highest BCUT2D eigenvalue weighted by atomic mass is 79.9. The lowest BCUT2D eigenvalue weighted by Gasteiger charge is -1.94. The Morgan fingerprint density at radius 2 is 2.23 bits per heavy atom. The minimum atomic E-state index is 1.04. The molecule has 0 nitrogen and oxygen atoms in total. The van der Waals surface area contributed by atoms with Crippen LogP contribution in [-0.2, 0) is 0 Å².